The van der Waals surface area contributed by atoms with E-state index in [4.69, 9.17) is 5.41 Å². The van der Waals surface area contributed by atoms with Crippen LogP contribution in [0.5, 0.6) is 0 Å². The summed E-state index contributed by atoms with van der Waals surface area (Å²) in [5.41, 5.74) is 0.101. The lowest BCUT2D eigenvalue weighted by molar-refractivity contribution is -0.126. The Labute approximate surface area is 177 Å². The van der Waals surface area contributed by atoms with E-state index in [0.29, 0.717) is 12.0 Å². The Balaban J connectivity index is 0.000000375. The Hall–Kier alpha value is -2.63. The van der Waals surface area contributed by atoms with Crippen molar-refractivity contribution in [3.05, 3.63) is 71.3 Å². The Morgan fingerprint density at radius 2 is 1.70 bits per heavy atom. The molecular formula is C24H31F3N2O. The molecule has 0 aliphatic carbocycles. The fourth-order valence-electron chi connectivity index (χ4n) is 2.73. The summed E-state index contributed by atoms with van der Waals surface area (Å²) in [4.78, 5) is 13.3. The average Bonchev–Trinajstić information content (AvgIpc) is 2.70. The van der Waals surface area contributed by atoms with E-state index >= 15 is 0 Å². The van der Waals surface area contributed by atoms with Crippen LogP contribution in [0.25, 0.3) is 0 Å². The maximum atomic E-state index is 13.2. The van der Waals surface area contributed by atoms with Crippen LogP contribution < -0.4 is 0 Å². The average molecular weight is 421 g/mol. The number of alkyl halides is 1. The molecule has 164 valence electrons. The molecule has 0 bridgehead atoms. The second kappa shape index (κ2) is 11.5. The lowest BCUT2D eigenvalue weighted by Gasteiger charge is -2.20. The van der Waals surface area contributed by atoms with Gasteiger partial charge in [-0.05, 0) is 49.4 Å². The van der Waals surface area contributed by atoms with Crippen molar-refractivity contribution in [2.24, 2.45) is 0 Å². The van der Waals surface area contributed by atoms with Crippen molar-refractivity contribution in [2.75, 3.05) is 7.05 Å². The SMILES string of the molecule is CC(C)(F)c1ccccc1.CCCC(=N)N(C)C(=O)CC(C)c1ccc(F)c(F)c1. The quantitative estimate of drug-likeness (QED) is 0.416. The van der Waals surface area contributed by atoms with Gasteiger partial charge in [-0.25, -0.2) is 13.2 Å². The highest BCUT2D eigenvalue weighted by molar-refractivity contribution is 5.96. The first kappa shape index (κ1) is 25.4. The van der Waals surface area contributed by atoms with E-state index in [1.54, 1.807) is 40.0 Å². The van der Waals surface area contributed by atoms with Crippen LogP contribution in [0.4, 0.5) is 13.2 Å². The maximum absolute atomic E-state index is 13.2. The molecule has 0 saturated carbocycles. The molecule has 1 unspecified atom stereocenters. The van der Waals surface area contributed by atoms with Crippen LogP contribution in [0, 0.1) is 17.0 Å². The Morgan fingerprint density at radius 3 is 2.17 bits per heavy atom. The molecule has 6 heteroatoms. The predicted molar refractivity (Wildman–Crippen MR) is 115 cm³/mol. The van der Waals surface area contributed by atoms with Gasteiger partial charge >= 0.3 is 0 Å². The summed E-state index contributed by atoms with van der Waals surface area (Å²) in [6, 6.07) is 12.8. The summed E-state index contributed by atoms with van der Waals surface area (Å²) in [6.07, 6.45) is 1.50. The number of nitrogens with zero attached hydrogens (tertiary/aromatic N) is 1. The zero-order valence-corrected chi connectivity index (χ0v) is 18.3. The topological polar surface area (TPSA) is 44.2 Å². The molecule has 0 aromatic heterocycles. The van der Waals surface area contributed by atoms with Gasteiger partial charge in [0.25, 0.3) is 0 Å². The summed E-state index contributed by atoms with van der Waals surface area (Å²) in [5, 5.41) is 7.73. The molecule has 0 saturated heterocycles. The van der Waals surface area contributed by atoms with Crippen LogP contribution in [0.2, 0.25) is 0 Å². The molecule has 30 heavy (non-hydrogen) atoms. The Bertz CT molecular complexity index is 832. The van der Waals surface area contributed by atoms with Crippen LogP contribution in [0.3, 0.4) is 0 Å². The van der Waals surface area contributed by atoms with E-state index in [1.807, 2.05) is 25.1 Å². The van der Waals surface area contributed by atoms with Crippen LogP contribution in [0.15, 0.2) is 48.5 Å². The summed E-state index contributed by atoms with van der Waals surface area (Å²) >= 11 is 0. The second-order valence-corrected chi connectivity index (χ2v) is 7.77. The van der Waals surface area contributed by atoms with Gasteiger partial charge in [-0.3, -0.25) is 10.2 Å². The molecule has 2 rings (SSSR count). The van der Waals surface area contributed by atoms with Crippen molar-refractivity contribution in [1.82, 2.24) is 4.90 Å². The number of amides is 1. The lowest BCUT2D eigenvalue weighted by Crippen LogP contribution is -2.33. The fourth-order valence-corrected chi connectivity index (χ4v) is 2.73. The fraction of sp³-hybridized carbons (Fsp3) is 0.417. The van der Waals surface area contributed by atoms with Gasteiger partial charge in [0, 0.05) is 19.9 Å². The minimum Gasteiger partial charge on any atom is -0.304 e. The van der Waals surface area contributed by atoms with Crippen LogP contribution >= 0.6 is 0 Å². The number of rotatable bonds is 6. The minimum atomic E-state index is -1.21. The second-order valence-electron chi connectivity index (χ2n) is 7.77. The molecule has 0 heterocycles. The molecule has 0 radical (unpaired) electrons. The van der Waals surface area contributed by atoms with E-state index < -0.39 is 17.3 Å². The number of nitrogens with one attached hydrogen (secondary N) is 1. The molecule has 0 aliphatic heterocycles. The largest absolute Gasteiger partial charge is 0.304 e. The van der Waals surface area contributed by atoms with Crippen molar-refractivity contribution < 1.29 is 18.0 Å². The maximum Gasteiger partial charge on any atom is 0.228 e. The number of carbonyl (C=O) groups is 1. The molecule has 2 aromatic carbocycles. The van der Waals surface area contributed by atoms with Gasteiger partial charge < -0.3 is 4.90 Å². The number of benzene rings is 2. The smallest absolute Gasteiger partial charge is 0.228 e. The lowest BCUT2D eigenvalue weighted by atomic mass is 9.97. The van der Waals surface area contributed by atoms with E-state index in [9.17, 15) is 18.0 Å². The van der Waals surface area contributed by atoms with Gasteiger partial charge in [0.1, 0.15) is 11.5 Å². The van der Waals surface area contributed by atoms with Crippen molar-refractivity contribution in [2.45, 2.75) is 58.5 Å². The van der Waals surface area contributed by atoms with Gasteiger partial charge in [-0.2, -0.15) is 0 Å². The molecule has 3 nitrogen and oxygen atoms in total. The highest BCUT2D eigenvalue weighted by atomic mass is 19.2. The van der Waals surface area contributed by atoms with Crippen molar-refractivity contribution in [1.29, 1.82) is 5.41 Å². The minimum absolute atomic E-state index is 0.160. The number of hydrogen-bond donors (Lipinski definition) is 1. The zero-order chi connectivity index (χ0) is 22.9. The van der Waals surface area contributed by atoms with Gasteiger partial charge in [0.05, 0.1) is 0 Å². The van der Waals surface area contributed by atoms with Crippen molar-refractivity contribution in [3.63, 3.8) is 0 Å². The first-order chi connectivity index (χ1) is 14.0. The van der Waals surface area contributed by atoms with E-state index in [-0.39, 0.29) is 24.1 Å². The van der Waals surface area contributed by atoms with Crippen molar-refractivity contribution in [3.8, 4) is 0 Å². The van der Waals surface area contributed by atoms with Crippen LogP contribution in [-0.4, -0.2) is 23.7 Å². The Morgan fingerprint density at radius 1 is 1.10 bits per heavy atom. The first-order valence-corrected chi connectivity index (χ1v) is 10.0. The third-order valence-electron chi connectivity index (χ3n) is 4.72. The molecule has 0 spiro atoms. The zero-order valence-electron chi connectivity index (χ0n) is 18.3. The molecule has 1 atom stereocenters. The molecule has 1 amide bonds. The third-order valence-corrected chi connectivity index (χ3v) is 4.72. The van der Waals surface area contributed by atoms with Gasteiger partial charge in [-0.15, -0.1) is 0 Å². The van der Waals surface area contributed by atoms with Crippen LogP contribution in [-0.2, 0) is 10.5 Å². The summed E-state index contributed by atoms with van der Waals surface area (Å²) in [7, 11) is 1.57. The van der Waals surface area contributed by atoms with E-state index in [2.05, 4.69) is 0 Å². The monoisotopic (exact) mass is 420 g/mol. The summed E-state index contributed by atoms with van der Waals surface area (Å²) in [6.45, 7) is 6.84. The highest BCUT2D eigenvalue weighted by Crippen LogP contribution is 2.23. The number of carbonyl (C=O) groups excluding carboxylic acids is 1. The molecule has 2 aromatic rings. The van der Waals surface area contributed by atoms with Gasteiger partial charge in [0.2, 0.25) is 5.91 Å². The Kier molecular flexibility index (Phi) is 9.76. The number of hydrogen-bond acceptors (Lipinski definition) is 2. The molecular weight excluding hydrogens is 389 g/mol. The highest BCUT2D eigenvalue weighted by Gasteiger charge is 2.18. The third kappa shape index (κ3) is 8.01. The number of halogens is 3. The summed E-state index contributed by atoms with van der Waals surface area (Å²) in [5.74, 6) is -1.95. The van der Waals surface area contributed by atoms with Gasteiger partial charge in [0.15, 0.2) is 11.6 Å². The standard InChI is InChI=1S/C15H20F2N2O.C9H11F/c1-4-5-14(18)19(3)15(20)8-10(2)11-6-7-12(16)13(17)9-11;1-9(2,10)8-6-4-3-5-7-8/h6-7,9-10,18H,4-5,8H2,1-3H3;3-7H,1-2H3. The van der Waals surface area contributed by atoms with Crippen molar-refractivity contribution >= 4 is 11.7 Å². The summed E-state index contributed by atoms with van der Waals surface area (Å²) < 4.78 is 39.1. The van der Waals surface area contributed by atoms with Gasteiger partial charge in [-0.1, -0.05) is 50.2 Å². The molecule has 0 aliphatic rings. The van der Waals surface area contributed by atoms with Crippen LogP contribution in [0.1, 0.15) is 64.0 Å². The molecule has 0 fully saturated rings. The number of amidine groups is 1. The van der Waals surface area contributed by atoms with E-state index in [0.717, 1.165) is 24.1 Å². The van der Waals surface area contributed by atoms with E-state index in [1.165, 1.54) is 11.0 Å². The molecule has 1 N–H and O–H groups in total. The first-order valence-electron chi connectivity index (χ1n) is 10.0. The normalized spacial score (nSPS) is 11.9. The predicted octanol–water partition coefficient (Wildman–Crippen LogP) is 6.59.